The third-order valence-electron chi connectivity index (χ3n) is 4.14. The second kappa shape index (κ2) is 8.42. The van der Waals surface area contributed by atoms with E-state index in [-0.39, 0.29) is 5.91 Å². The van der Waals surface area contributed by atoms with Crippen LogP contribution >= 0.6 is 0 Å². The van der Waals surface area contributed by atoms with Crippen molar-refractivity contribution in [2.75, 3.05) is 14.2 Å². The van der Waals surface area contributed by atoms with Gasteiger partial charge >= 0.3 is 0 Å². The second-order valence-electron chi connectivity index (χ2n) is 5.87. The lowest BCUT2D eigenvalue weighted by molar-refractivity contribution is -0.127. The molecule has 1 atom stereocenters. The number of nitrogens with one attached hydrogen (secondary N) is 1. The SMILES string of the molecule is COc1ccc(CNC(=O)C(C)Oc2cccc(C)c2C)cc1OC. The maximum absolute atomic E-state index is 12.3. The van der Waals surface area contributed by atoms with E-state index in [9.17, 15) is 4.79 Å². The molecular formula is C20H25NO4. The maximum atomic E-state index is 12.3. The molecule has 0 fully saturated rings. The zero-order valence-corrected chi connectivity index (χ0v) is 15.4. The van der Waals surface area contributed by atoms with Gasteiger partial charge in [-0.2, -0.15) is 0 Å². The Labute approximate surface area is 148 Å². The summed E-state index contributed by atoms with van der Waals surface area (Å²) in [5, 5.41) is 2.88. The highest BCUT2D eigenvalue weighted by atomic mass is 16.5. The van der Waals surface area contributed by atoms with Crippen LogP contribution in [0.5, 0.6) is 17.2 Å². The molecule has 1 N–H and O–H groups in total. The fourth-order valence-electron chi connectivity index (χ4n) is 2.42. The fourth-order valence-corrected chi connectivity index (χ4v) is 2.42. The molecule has 2 aromatic rings. The monoisotopic (exact) mass is 343 g/mol. The first-order valence-corrected chi connectivity index (χ1v) is 8.17. The van der Waals surface area contributed by atoms with Crippen LogP contribution in [0.1, 0.15) is 23.6 Å². The molecule has 0 saturated heterocycles. The normalized spacial score (nSPS) is 11.6. The first kappa shape index (κ1) is 18.6. The molecular weight excluding hydrogens is 318 g/mol. The van der Waals surface area contributed by atoms with Gasteiger partial charge in [0, 0.05) is 6.54 Å². The van der Waals surface area contributed by atoms with Gasteiger partial charge in [0.15, 0.2) is 17.6 Å². The van der Waals surface area contributed by atoms with Crippen molar-refractivity contribution in [2.45, 2.75) is 33.4 Å². The van der Waals surface area contributed by atoms with E-state index in [1.165, 1.54) is 0 Å². The average Bonchev–Trinajstić information content (AvgIpc) is 2.63. The summed E-state index contributed by atoms with van der Waals surface area (Å²) in [5.74, 6) is 1.85. The molecule has 1 amide bonds. The van der Waals surface area contributed by atoms with E-state index in [0.717, 1.165) is 22.4 Å². The van der Waals surface area contributed by atoms with E-state index in [1.807, 2.05) is 50.2 Å². The molecule has 0 saturated carbocycles. The van der Waals surface area contributed by atoms with Gasteiger partial charge in [-0.15, -0.1) is 0 Å². The summed E-state index contributed by atoms with van der Waals surface area (Å²) in [6.45, 7) is 6.13. The molecule has 2 aromatic carbocycles. The highest BCUT2D eigenvalue weighted by Gasteiger charge is 2.16. The van der Waals surface area contributed by atoms with Gasteiger partial charge in [-0.1, -0.05) is 18.2 Å². The molecule has 1 unspecified atom stereocenters. The van der Waals surface area contributed by atoms with E-state index in [4.69, 9.17) is 14.2 Å². The van der Waals surface area contributed by atoms with Crippen LogP contribution < -0.4 is 19.5 Å². The van der Waals surface area contributed by atoms with Gasteiger partial charge in [0.25, 0.3) is 5.91 Å². The largest absolute Gasteiger partial charge is 0.493 e. The smallest absolute Gasteiger partial charge is 0.261 e. The second-order valence-corrected chi connectivity index (χ2v) is 5.87. The highest BCUT2D eigenvalue weighted by Crippen LogP contribution is 2.27. The van der Waals surface area contributed by atoms with Crippen molar-refractivity contribution in [1.29, 1.82) is 0 Å². The quantitative estimate of drug-likeness (QED) is 0.837. The Morgan fingerprint density at radius 3 is 2.44 bits per heavy atom. The molecule has 0 aliphatic carbocycles. The molecule has 0 heterocycles. The van der Waals surface area contributed by atoms with Crippen LogP contribution in [0.2, 0.25) is 0 Å². The molecule has 134 valence electrons. The molecule has 0 radical (unpaired) electrons. The van der Waals surface area contributed by atoms with E-state index < -0.39 is 6.10 Å². The van der Waals surface area contributed by atoms with Crippen LogP contribution in [-0.4, -0.2) is 26.2 Å². The van der Waals surface area contributed by atoms with Gasteiger partial charge < -0.3 is 19.5 Å². The summed E-state index contributed by atoms with van der Waals surface area (Å²) >= 11 is 0. The van der Waals surface area contributed by atoms with Gasteiger partial charge in [0.05, 0.1) is 14.2 Å². The lowest BCUT2D eigenvalue weighted by Gasteiger charge is -2.17. The van der Waals surface area contributed by atoms with Gasteiger partial charge in [0.1, 0.15) is 5.75 Å². The minimum atomic E-state index is -0.583. The summed E-state index contributed by atoms with van der Waals surface area (Å²) in [4.78, 5) is 12.3. The Hall–Kier alpha value is -2.69. The summed E-state index contributed by atoms with van der Waals surface area (Å²) in [6.07, 6.45) is -0.583. The van der Waals surface area contributed by atoms with Crippen LogP contribution in [0, 0.1) is 13.8 Å². The van der Waals surface area contributed by atoms with Crippen LogP contribution in [-0.2, 0) is 11.3 Å². The summed E-state index contributed by atoms with van der Waals surface area (Å²) in [6, 6.07) is 11.4. The minimum Gasteiger partial charge on any atom is -0.493 e. The Morgan fingerprint density at radius 2 is 1.76 bits per heavy atom. The predicted molar refractivity (Wildman–Crippen MR) is 97.4 cm³/mol. The molecule has 0 aliphatic heterocycles. The number of methoxy groups -OCH3 is 2. The molecule has 0 bridgehead atoms. The molecule has 0 aliphatic rings. The molecule has 0 spiro atoms. The number of carbonyl (C=O) groups is 1. The maximum Gasteiger partial charge on any atom is 0.261 e. The van der Waals surface area contributed by atoms with Crippen molar-refractivity contribution in [3.05, 3.63) is 53.1 Å². The van der Waals surface area contributed by atoms with Crippen LogP contribution in [0.4, 0.5) is 0 Å². The van der Waals surface area contributed by atoms with E-state index >= 15 is 0 Å². The molecule has 2 rings (SSSR count). The standard InChI is InChI=1S/C20H25NO4/c1-13-7-6-8-17(14(13)2)25-15(3)20(22)21-12-16-9-10-18(23-4)19(11-16)24-5/h6-11,15H,12H2,1-5H3,(H,21,22). The van der Waals surface area contributed by atoms with Crippen LogP contribution in [0.3, 0.4) is 0 Å². The van der Waals surface area contributed by atoms with E-state index in [1.54, 1.807) is 21.1 Å². The highest BCUT2D eigenvalue weighted by molar-refractivity contribution is 5.80. The van der Waals surface area contributed by atoms with Gasteiger partial charge in [0.2, 0.25) is 0 Å². The predicted octanol–water partition coefficient (Wildman–Crippen LogP) is 3.40. The topological polar surface area (TPSA) is 56.8 Å². The molecule has 5 heteroatoms. The molecule has 5 nitrogen and oxygen atoms in total. The number of benzene rings is 2. The zero-order valence-electron chi connectivity index (χ0n) is 15.4. The summed E-state index contributed by atoms with van der Waals surface area (Å²) in [7, 11) is 3.17. The lowest BCUT2D eigenvalue weighted by Crippen LogP contribution is -2.36. The number of carbonyl (C=O) groups excluding carboxylic acids is 1. The van der Waals surface area contributed by atoms with Crippen molar-refractivity contribution < 1.29 is 19.0 Å². The van der Waals surface area contributed by atoms with Gasteiger partial charge in [-0.25, -0.2) is 0 Å². The fraction of sp³-hybridized carbons (Fsp3) is 0.350. The molecule has 0 aromatic heterocycles. The van der Waals surface area contributed by atoms with Crippen molar-refractivity contribution in [3.8, 4) is 17.2 Å². The van der Waals surface area contributed by atoms with Gasteiger partial charge in [-0.05, 0) is 55.7 Å². The summed E-state index contributed by atoms with van der Waals surface area (Å²) in [5.41, 5.74) is 3.10. The van der Waals surface area contributed by atoms with E-state index in [0.29, 0.717) is 18.0 Å². The third-order valence-corrected chi connectivity index (χ3v) is 4.14. The first-order valence-electron chi connectivity index (χ1n) is 8.17. The Kier molecular flexibility index (Phi) is 6.28. The number of rotatable bonds is 7. The Balaban J connectivity index is 1.96. The number of hydrogen-bond acceptors (Lipinski definition) is 4. The summed E-state index contributed by atoms with van der Waals surface area (Å²) < 4.78 is 16.3. The van der Waals surface area contributed by atoms with Crippen molar-refractivity contribution in [1.82, 2.24) is 5.32 Å². The first-order chi connectivity index (χ1) is 12.0. The van der Waals surface area contributed by atoms with Crippen LogP contribution in [0.25, 0.3) is 0 Å². The number of hydrogen-bond donors (Lipinski definition) is 1. The van der Waals surface area contributed by atoms with Crippen molar-refractivity contribution in [3.63, 3.8) is 0 Å². The average molecular weight is 343 g/mol. The van der Waals surface area contributed by atoms with Crippen LogP contribution in [0.15, 0.2) is 36.4 Å². The number of aryl methyl sites for hydroxylation is 1. The zero-order chi connectivity index (χ0) is 18.4. The van der Waals surface area contributed by atoms with Crippen molar-refractivity contribution >= 4 is 5.91 Å². The Morgan fingerprint density at radius 1 is 1.04 bits per heavy atom. The third kappa shape index (κ3) is 4.66. The van der Waals surface area contributed by atoms with Crippen molar-refractivity contribution in [2.24, 2.45) is 0 Å². The Bertz CT molecular complexity index is 742. The minimum absolute atomic E-state index is 0.171. The number of amides is 1. The molecule has 25 heavy (non-hydrogen) atoms. The van der Waals surface area contributed by atoms with E-state index in [2.05, 4.69) is 5.32 Å². The van der Waals surface area contributed by atoms with Gasteiger partial charge in [-0.3, -0.25) is 4.79 Å². The lowest BCUT2D eigenvalue weighted by atomic mass is 10.1. The number of ether oxygens (including phenoxy) is 3.